The molecular formula is C32H40N6O7. The van der Waals surface area contributed by atoms with Gasteiger partial charge in [0.05, 0.1) is 11.1 Å². The highest BCUT2D eigenvalue weighted by atomic mass is 16.7. The van der Waals surface area contributed by atoms with Gasteiger partial charge in [-0.3, -0.25) is 19.0 Å². The van der Waals surface area contributed by atoms with Gasteiger partial charge >= 0.3 is 5.97 Å². The number of aliphatic imine (C=N–C) groups is 1. The monoisotopic (exact) mass is 620 g/mol. The number of aryl methyl sites for hydroxylation is 1. The molecule has 2 amide bonds. The van der Waals surface area contributed by atoms with Gasteiger partial charge in [0.25, 0.3) is 17.6 Å². The van der Waals surface area contributed by atoms with E-state index >= 15 is 5.21 Å². The Kier molecular flexibility index (Phi) is 10.7. The molecule has 2 atom stereocenters. The van der Waals surface area contributed by atoms with E-state index in [1.54, 1.807) is 32.9 Å². The first-order chi connectivity index (χ1) is 21.4. The summed E-state index contributed by atoms with van der Waals surface area (Å²) in [5, 5.41) is 30.5. The maximum atomic E-state index is 15.2. The van der Waals surface area contributed by atoms with E-state index in [1.807, 2.05) is 6.92 Å². The van der Waals surface area contributed by atoms with Crippen LogP contribution in [-0.4, -0.2) is 66.0 Å². The molecule has 0 radical (unpaired) electrons. The van der Waals surface area contributed by atoms with Gasteiger partial charge in [0, 0.05) is 36.0 Å². The Bertz CT molecular complexity index is 1560. The van der Waals surface area contributed by atoms with E-state index in [1.165, 1.54) is 36.5 Å². The third-order valence-electron chi connectivity index (χ3n) is 7.23. The summed E-state index contributed by atoms with van der Waals surface area (Å²) in [7, 11) is 0. The fourth-order valence-electron chi connectivity index (χ4n) is 4.65. The number of hydrogen-bond acceptors (Lipinski definition) is 9. The normalized spacial score (nSPS) is 15.2. The zero-order chi connectivity index (χ0) is 32.7. The van der Waals surface area contributed by atoms with Crippen molar-refractivity contribution in [1.82, 2.24) is 20.3 Å². The number of hydrogen-bond donors (Lipinski definition) is 5. The average Bonchev–Trinajstić information content (AvgIpc) is 3.75. The Morgan fingerprint density at radius 1 is 1.13 bits per heavy atom. The number of rotatable bonds is 13. The molecule has 2 unspecified atom stereocenters. The number of hydroxylamine groups is 2. The van der Waals surface area contributed by atoms with Crippen molar-refractivity contribution in [1.29, 1.82) is 0 Å². The van der Waals surface area contributed by atoms with Gasteiger partial charge < -0.3 is 36.4 Å². The van der Waals surface area contributed by atoms with Gasteiger partial charge in [-0.15, -0.1) is 0 Å². The number of nitrogens with two attached hydrogens (primary N) is 1. The van der Waals surface area contributed by atoms with Crippen molar-refractivity contribution in [2.75, 3.05) is 20.1 Å². The highest BCUT2D eigenvalue weighted by Gasteiger charge is 2.36. The number of nitrogens with one attached hydrogen (secondary N) is 3. The van der Waals surface area contributed by atoms with Gasteiger partial charge in [-0.05, 0) is 75.9 Å². The summed E-state index contributed by atoms with van der Waals surface area (Å²) in [6.45, 7) is 6.21. The number of carbonyl (C=O) groups is 3. The minimum atomic E-state index is -1.36. The van der Waals surface area contributed by atoms with E-state index in [-0.39, 0.29) is 51.9 Å². The van der Waals surface area contributed by atoms with Crippen LogP contribution in [0.25, 0.3) is 0 Å². The number of ether oxygens (including phenoxy) is 2. The van der Waals surface area contributed by atoms with Gasteiger partial charge in [-0.1, -0.05) is 13.0 Å². The highest BCUT2D eigenvalue weighted by molar-refractivity contribution is 6.09. The second-order valence-electron chi connectivity index (χ2n) is 11.1. The Hall–Kier alpha value is -4.56. The van der Waals surface area contributed by atoms with E-state index in [4.69, 9.17) is 15.2 Å². The molecule has 13 nitrogen and oxygen atoms in total. The lowest BCUT2D eigenvalue weighted by molar-refractivity contribution is -0.0473. The predicted octanol–water partition coefficient (Wildman–Crippen LogP) is 3.71. The number of aromatic nitrogens is 1. The van der Waals surface area contributed by atoms with Crippen LogP contribution in [0.2, 0.25) is 0 Å². The third-order valence-corrected chi connectivity index (χ3v) is 7.23. The molecule has 0 spiro atoms. The molecule has 45 heavy (non-hydrogen) atoms. The van der Waals surface area contributed by atoms with Crippen molar-refractivity contribution in [3.8, 4) is 5.75 Å². The molecular weight excluding hydrogens is 580 g/mol. The standard InChI is InChI=1S/C32H40N6O7/c1-5-14-34-30(40)23-7-6-19(2)27(15-23)38(43,17-44-18-45-32(42)22-8-12-25(39)13-9-22)29(36-21(4)33)28-20(3)26(16-35-28)31(41)37-24-10-11-24/h6-9,12-13,15-16,21,24,35,39H,5,10-11,14,17-18,33H2,1-4H3,(H,34,40)(H,37,41)/b36-29+. The number of amides is 2. The summed E-state index contributed by atoms with van der Waals surface area (Å²) in [6, 6.07) is 10.4. The summed E-state index contributed by atoms with van der Waals surface area (Å²) in [6.07, 6.45) is 3.25. The van der Waals surface area contributed by atoms with Gasteiger partial charge in [0.15, 0.2) is 13.5 Å². The molecule has 4 rings (SSSR count). The lowest BCUT2D eigenvalue weighted by Gasteiger charge is -2.42. The second-order valence-corrected chi connectivity index (χ2v) is 11.1. The number of esters is 1. The molecule has 1 aliphatic rings. The topological polar surface area (TPSA) is 191 Å². The number of quaternary nitrogens is 1. The molecule has 1 aliphatic carbocycles. The number of phenols is 1. The fourth-order valence-corrected chi connectivity index (χ4v) is 4.65. The minimum Gasteiger partial charge on any atom is -0.619 e. The smallest absolute Gasteiger partial charge is 0.340 e. The summed E-state index contributed by atoms with van der Waals surface area (Å²) in [5.74, 6) is -1.45. The first-order valence-electron chi connectivity index (χ1n) is 14.8. The van der Waals surface area contributed by atoms with Crippen LogP contribution in [0.3, 0.4) is 0 Å². The molecule has 0 aliphatic heterocycles. The minimum absolute atomic E-state index is 0.00838. The average molecular weight is 621 g/mol. The van der Waals surface area contributed by atoms with Crippen molar-refractivity contribution < 1.29 is 29.0 Å². The molecule has 1 heterocycles. The quantitative estimate of drug-likeness (QED) is 0.0363. The van der Waals surface area contributed by atoms with Gasteiger partial charge in [0.1, 0.15) is 23.3 Å². The number of amidine groups is 1. The largest absolute Gasteiger partial charge is 0.619 e. The number of carbonyl (C=O) groups excluding carboxylic acids is 3. The number of benzene rings is 2. The van der Waals surface area contributed by atoms with Crippen molar-refractivity contribution in [2.24, 2.45) is 10.7 Å². The van der Waals surface area contributed by atoms with Crippen LogP contribution in [-0.2, 0) is 9.47 Å². The molecule has 240 valence electrons. The Morgan fingerprint density at radius 3 is 2.47 bits per heavy atom. The number of phenolic OH excluding ortho intramolecular Hbond substituents is 1. The SMILES string of the molecule is CCCNC(=O)c1ccc(C)c([N+]([O-])(COCOC(=O)c2ccc(O)cc2)/C(=N/C(C)N)c2[nH]cc(C(=O)NC3CC3)c2C)c1. The van der Waals surface area contributed by atoms with Crippen LogP contribution in [0.5, 0.6) is 5.75 Å². The molecule has 2 aromatic carbocycles. The van der Waals surface area contributed by atoms with Crippen LogP contribution >= 0.6 is 0 Å². The molecule has 1 aromatic heterocycles. The van der Waals surface area contributed by atoms with Crippen molar-refractivity contribution in [3.05, 3.63) is 87.4 Å². The lowest BCUT2D eigenvalue weighted by atomic mass is 10.1. The third kappa shape index (κ3) is 8.13. The molecule has 3 aromatic rings. The zero-order valence-electron chi connectivity index (χ0n) is 25.9. The summed E-state index contributed by atoms with van der Waals surface area (Å²) in [5.41, 5.74) is 8.34. The Morgan fingerprint density at radius 2 is 1.82 bits per heavy atom. The maximum Gasteiger partial charge on any atom is 0.340 e. The van der Waals surface area contributed by atoms with Crippen LogP contribution in [0.4, 0.5) is 5.69 Å². The van der Waals surface area contributed by atoms with E-state index in [2.05, 4.69) is 20.6 Å². The Labute approximate surface area is 261 Å². The molecule has 1 saturated carbocycles. The van der Waals surface area contributed by atoms with Gasteiger partial charge in [-0.25, -0.2) is 9.79 Å². The maximum absolute atomic E-state index is 15.2. The molecule has 13 heteroatoms. The number of aromatic amines is 1. The molecule has 6 N–H and O–H groups in total. The van der Waals surface area contributed by atoms with Gasteiger partial charge in [0.2, 0.25) is 0 Å². The molecule has 1 fully saturated rings. The van der Waals surface area contributed by atoms with Crippen molar-refractivity contribution in [2.45, 2.75) is 59.2 Å². The van der Waals surface area contributed by atoms with E-state index in [0.717, 1.165) is 19.3 Å². The van der Waals surface area contributed by atoms with Gasteiger partial charge in [-0.2, -0.15) is 0 Å². The van der Waals surface area contributed by atoms with E-state index < -0.39 is 30.3 Å². The summed E-state index contributed by atoms with van der Waals surface area (Å²) in [4.78, 5) is 45.9. The Balaban J connectivity index is 1.72. The summed E-state index contributed by atoms with van der Waals surface area (Å²) >= 11 is 0. The number of aromatic hydroxyl groups is 1. The molecule has 0 saturated heterocycles. The first-order valence-corrected chi connectivity index (χ1v) is 14.8. The summed E-state index contributed by atoms with van der Waals surface area (Å²) < 4.78 is 9.55. The van der Waals surface area contributed by atoms with Crippen LogP contribution in [0, 0.1) is 19.1 Å². The number of nitrogens with zero attached hydrogens (tertiary/aromatic N) is 2. The first kappa shape index (κ1) is 33.3. The fraction of sp³-hybridized carbons (Fsp3) is 0.375. The van der Waals surface area contributed by atoms with Crippen molar-refractivity contribution >= 4 is 29.3 Å². The van der Waals surface area contributed by atoms with Crippen LogP contribution in [0.1, 0.15) is 81.0 Å². The van der Waals surface area contributed by atoms with E-state index in [9.17, 15) is 19.5 Å². The van der Waals surface area contributed by atoms with E-state index in [0.29, 0.717) is 23.2 Å². The predicted molar refractivity (Wildman–Crippen MR) is 170 cm³/mol. The van der Waals surface area contributed by atoms with Crippen molar-refractivity contribution in [3.63, 3.8) is 0 Å². The van der Waals surface area contributed by atoms with Crippen LogP contribution < -0.4 is 21.0 Å². The molecule has 0 bridgehead atoms. The zero-order valence-corrected chi connectivity index (χ0v) is 25.9. The second kappa shape index (κ2) is 14.5. The lowest BCUT2D eigenvalue weighted by Crippen LogP contribution is -2.52. The highest BCUT2D eigenvalue weighted by Crippen LogP contribution is 2.32. The van der Waals surface area contributed by atoms with Crippen LogP contribution in [0.15, 0.2) is 53.7 Å². The number of H-pyrrole nitrogens is 1.